The molecule has 96 valence electrons. The van der Waals surface area contributed by atoms with Gasteiger partial charge in [-0.1, -0.05) is 31.1 Å². The molecule has 1 rings (SSSR count). The van der Waals surface area contributed by atoms with E-state index in [2.05, 4.69) is 15.0 Å². The van der Waals surface area contributed by atoms with Crippen molar-refractivity contribution >= 4 is 5.97 Å². The van der Waals surface area contributed by atoms with Gasteiger partial charge in [-0.3, -0.25) is 0 Å². The first-order valence-corrected chi connectivity index (χ1v) is 4.77. The molecule has 1 heterocycles. The highest BCUT2D eigenvalue weighted by Crippen LogP contribution is 2.20. The van der Waals surface area contributed by atoms with E-state index in [1.54, 1.807) is 0 Å². The Labute approximate surface area is 95.6 Å². The van der Waals surface area contributed by atoms with Crippen LogP contribution < -0.4 is 4.74 Å². The summed E-state index contributed by atoms with van der Waals surface area (Å²) in [5.74, 6) is -2.77. The van der Waals surface area contributed by atoms with E-state index in [4.69, 9.17) is 0 Å². The van der Waals surface area contributed by atoms with E-state index in [1.165, 1.54) is 4.68 Å². The number of halogens is 3. The number of aromatic nitrogens is 3. The van der Waals surface area contributed by atoms with Gasteiger partial charge >= 0.3 is 12.1 Å². The third-order valence-electron chi connectivity index (χ3n) is 1.58. The summed E-state index contributed by atoms with van der Waals surface area (Å²) in [5, 5.41) is 6.88. The SMILES string of the molecule is CC(C)(C)Cn1cc(OC(=O)C(F)(F)F)nn1. The van der Waals surface area contributed by atoms with Crippen molar-refractivity contribution in [1.29, 1.82) is 0 Å². The van der Waals surface area contributed by atoms with Crippen LogP contribution in [0.2, 0.25) is 0 Å². The Balaban J connectivity index is 2.67. The van der Waals surface area contributed by atoms with Crippen LogP contribution in [0.4, 0.5) is 13.2 Å². The van der Waals surface area contributed by atoms with Crippen LogP contribution in [0, 0.1) is 5.41 Å². The number of esters is 1. The standard InChI is InChI=1S/C9H12F3N3O2/c1-8(2,3)5-15-4-6(13-14-15)17-7(16)9(10,11)12/h4H,5H2,1-3H3. The number of hydrogen-bond acceptors (Lipinski definition) is 4. The summed E-state index contributed by atoms with van der Waals surface area (Å²) < 4.78 is 41.0. The van der Waals surface area contributed by atoms with Gasteiger partial charge in [0.25, 0.3) is 5.88 Å². The van der Waals surface area contributed by atoms with Gasteiger partial charge in [0.2, 0.25) is 0 Å². The average molecular weight is 251 g/mol. The lowest BCUT2D eigenvalue weighted by atomic mass is 9.97. The van der Waals surface area contributed by atoms with Crippen molar-refractivity contribution in [2.24, 2.45) is 5.41 Å². The van der Waals surface area contributed by atoms with Gasteiger partial charge in [-0.15, -0.1) is 0 Å². The van der Waals surface area contributed by atoms with E-state index in [1.807, 2.05) is 20.8 Å². The summed E-state index contributed by atoms with van der Waals surface area (Å²) in [5.41, 5.74) is -0.112. The highest BCUT2D eigenvalue weighted by atomic mass is 19.4. The lowest BCUT2D eigenvalue weighted by Gasteiger charge is -2.16. The molecule has 0 N–H and O–H groups in total. The predicted molar refractivity (Wildman–Crippen MR) is 51.2 cm³/mol. The van der Waals surface area contributed by atoms with Gasteiger partial charge in [0.05, 0.1) is 6.20 Å². The van der Waals surface area contributed by atoms with Gasteiger partial charge in [-0.2, -0.15) is 13.2 Å². The quantitative estimate of drug-likeness (QED) is 0.752. The van der Waals surface area contributed by atoms with E-state index in [0.29, 0.717) is 6.54 Å². The molecular weight excluding hydrogens is 239 g/mol. The van der Waals surface area contributed by atoms with Crippen LogP contribution in [0.3, 0.4) is 0 Å². The van der Waals surface area contributed by atoms with E-state index < -0.39 is 18.0 Å². The summed E-state index contributed by atoms with van der Waals surface area (Å²) in [6.45, 7) is 6.23. The molecule has 1 aromatic heterocycles. The molecule has 0 aromatic carbocycles. The Morgan fingerprint density at radius 2 is 2.00 bits per heavy atom. The van der Waals surface area contributed by atoms with Gasteiger partial charge in [0.15, 0.2) is 0 Å². The van der Waals surface area contributed by atoms with Crippen LogP contribution in [0.15, 0.2) is 6.20 Å². The lowest BCUT2D eigenvalue weighted by Crippen LogP contribution is -2.28. The van der Waals surface area contributed by atoms with Crippen LogP contribution in [0.1, 0.15) is 20.8 Å². The minimum Gasteiger partial charge on any atom is -0.397 e. The number of alkyl halides is 3. The lowest BCUT2D eigenvalue weighted by molar-refractivity contribution is -0.190. The molecule has 17 heavy (non-hydrogen) atoms. The molecule has 0 saturated carbocycles. The van der Waals surface area contributed by atoms with Gasteiger partial charge in [-0.25, -0.2) is 9.48 Å². The summed E-state index contributed by atoms with van der Waals surface area (Å²) in [4.78, 5) is 10.5. The molecule has 0 radical (unpaired) electrons. The van der Waals surface area contributed by atoms with Gasteiger partial charge < -0.3 is 4.74 Å². The van der Waals surface area contributed by atoms with E-state index in [-0.39, 0.29) is 5.41 Å². The highest BCUT2D eigenvalue weighted by molar-refractivity contribution is 5.77. The molecule has 0 spiro atoms. The first-order chi connectivity index (χ1) is 7.58. The zero-order valence-corrected chi connectivity index (χ0v) is 9.58. The average Bonchev–Trinajstić information content (AvgIpc) is 2.47. The zero-order valence-electron chi connectivity index (χ0n) is 9.58. The van der Waals surface area contributed by atoms with Crippen LogP contribution in [0.25, 0.3) is 0 Å². The fourth-order valence-electron chi connectivity index (χ4n) is 1.04. The van der Waals surface area contributed by atoms with Crippen molar-refractivity contribution in [3.63, 3.8) is 0 Å². The maximum atomic E-state index is 11.9. The molecule has 0 aliphatic heterocycles. The molecule has 0 aliphatic rings. The van der Waals surface area contributed by atoms with Crippen molar-refractivity contribution in [1.82, 2.24) is 15.0 Å². The molecule has 0 aliphatic carbocycles. The third-order valence-corrected chi connectivity index (χ3v) is 1.58. The maximum absolute atomic E-state index is 11.9. The maximum Gasteiger partial charge on any atom is 0.491 e. The number of carbonyl (C=O) groups is 1. The molecular formula is C9H12F3N3O2. The largest absolute Gasteiger partial charge is 0.491 e. The summed E-state index contributed by atoms with van der Waals surface area (Å²) >= 11 is 0. The number of nitrogens with zero attached hydrogens (tertiary/aromatic N) is 3. The van der Waals surface area contributed by atoms with Crippen LogP contribution >= 0.6 is 0 Å². The number of rotatable bonds is 2. The van der Waals surface area contributed by atoms with Crippen LogP contribution in [-0.4, -0.2) is 27.1 Å². The van der Waals surface area contributed by atoms with Crippen LogP contribution in [0.5, 0.6) is 5.88 Å². The predicted octanol–water partition coefficient (Wildman–Crippen LogP) is 1.79. The van der Waals surface area contributed by atoms with Crippen molar-refractivity contribution in [3.8, 4) is 5.88 Å². The highest BCUT2D eigenvalue weighted by Gasteiger charge is 2.41. The Kier molecular flexibility index (Phi) is 3.44. The monoisotopic (exact) mass is 251 g/mol. The fourth-order valence-corrected chi connectivity index (χ4v) is 1.04. The van der Waals surface area contributed by atoms with Gasteiger partial charge in [0, 0.05) is 6.54 Å². The number of carbonyl (C=O) groups excluding carboxylic acids is 1. The molecule has 8 heteroatoms. The van der Waals surface area contributed by atoms with Crippen molar-refractivity contribution in [2.75, 3.05) is 0 Å². The summed E-state index contributed by atoms with van der Waals surface area (Å²) in [6.07, 6.45) is -3.89. The molecule has 0 saturated heterocycles. The van der Waals surface area contributed by atoms with Crippen molar-refractivity contribution in [2.45, 2.75) is 33.5 Å². The molecule has 0 unspecified atom stereocenters. The van der Waals surface area contributed by atoms with Crippen molar-refractivity contribution < 1.29 is 22.7 Å². The summed E-state index contributed by atoms with van der Waals surface area (Å²) in [7, 11) is 0. The smallest absolute Gasteiger partial charge is 0.397 e. The molecule has 1 aromatic rings. The Hall–Kier alpha value is -1.60. The van der Waals surface area contributed by atoms with Gasteiger partial charge in [0.1, 0.15) is 0 Å². The van der Waals surface area contributed by atoms with Crippen molar-refractivity contribution in [3.05, 3.63) is 6.20 Å². The molecule has 0 atom stereocenters. The second-order valence-electron chi connectivity index (χ2n) is 4.70. The normalized spacial score (nSPS) is 12.6. The topological polar surface area (TPSA) is 57.0 Å². The molecule has 5 nitrogen and oxygen atoms in total. The van der Waals surface area contributed by atoms with E-state index in [9.17, 15) is 18.0 Å². The van der Waals surface area contributed by atoms with Gasteiger partial charge in [-0.05, 0) is 5.41 Å². The Morgan fingerprint density at radius 1 is 1.41 bits per heavy atom. The van der Waals surface area contributed by atoms with E-state index in [0.717, 1.165) is 6.20 Å². The number of hydrogen-bond donors (Lipinski definition) is 0. The Morgan fingerprint density at radius 3 is 2.47 bits per heavy atom. The van der Waals surface area contributed by atoms with Crippen LogP contribution in [-0.2, 0) is 11.3 Å². The molecule has 0 bridgehead atoms. The first-order valence-electron chi connectivity index (χ1n) is 4.77. The summed E-state index contributed by atoms with van der Waals surface area (Å²) in [6, 6.07) is 0. The fraction of sp³-hybridized carbons (Fsp3) is 0.667. The minimum atomic E-state index is -5.03. The second kappa shape index (κ2) is 4.34. The minimum absolute atomic E-state index is 0.112. The first kappa shape index (κ1) is 13.5. The molecule has 0 fully saturated rings. The molecule has 0 amide bonds. The third kappa shape index (κ3) is 4.41. The second-order valence-corrected chi connectivity index (χ2v) is 4.70. The Bertz CT molecular complexity index is 406. The zero-order chi connectivity index (χ0) is 13.3. The van der Waals surface area contributed by atoms with E-state index >= 15 is 0 Å². The number of ether oxygens (including phenoxy) is 1.